The first kappa shape index (κ1) is 13.3. The van der Waals surface area contributed by atoms with E-state index in [2.05, 4.69) is 0 Å². The Morgan fingerprint density at radius 1 is 1.56 bits per heavy atom. The van der Waals surface area contributed by atoms with Gasteiger partial charge < -0.3 is 19.5 Å². The van der Waals surface area contributed by atoms with E-state index >= 15 is 0 Å². The van der Waals surface area contributed by atoms with Crippen molar-refractivity contribution < 1.29 is 19.4 Å². The first-order valence-corrected chi connectivity index (χ1v) is 5.57. The molecule has 16 heavy (non-hydrogen) atoms. The van der Waals surface area contributed by atoms with Gasteiger partial charge in [-0.25, -0.2) is 4.79 Å². The average molecular weight is 231 g/mol. The van der Waals surface area contributed by atoms with Crippen molar-refractivity contribution in [3.8, 4) is 0 Å². The first-order valence-electron chi connectivity index (χ1n) is 5.57. The summed E-state index contributed by atoms with van der Waals surface area (Å²) in [6, 6.07) is 0. The zero-order valence-electron chi connectivity index (χ0n) is 10.4. The molecule has 1 N–H and O–H groups in total. The predicted octanol–water partition coefficient (Wildman–Crippen LogP) is 1.00. The van der Waals surface area contributed by atoms with Crippen molar-refractivity contribution in [3.63, 3.8) is 0 Å². The summed E-state index contributed by atoms with van der Waals surface area (Å²) in [6.07, 6.45) is -1.24. The van der Waals surface area contributed by atoms with Gasteiger partial charge in [0.15, 0.2) is 0 Å². The Labute approximate surface area is 96.3 Å². The monoisotopic (exact) mass is 231 g/mol. The van der Waals surface area contributed by atoms with Gasteiger partial charge in [-0.15, -0.1) is 0 Å². The normalized spacial score (nSPS) is 24.1. The van der Waals surface area contributed by atoms with Gasteiger partial charge in [0.2, 0.25) is 0 Å². The van der Waals surface area contributed by atoms with Gasteiger partial charge in [0.25, 0.3) is 0 Å². The van der Waals surface area contributed by atoms with Crippen molar-refractivity contribution in [2.45, 2.75) is 45.5 Å². The zero-order valence-corrected chi connectivity index (χ0v) is 10.4. The fraction of sp³-hybridized carbons (Fsp3) is 0.909. The van der Waals surface area contributed by atoms with Crippen molar-refractivity contribution in [1.82, 2.24) is 4.90 Å². The Balaban J connectivity index is 2.50. The lowest BCUT2D eigenvalue weighted by Gasteiger charge is -2.35. The third-order valence-electron chi connectivity index (χ3n) is 2.28. The van der Waals surface area contributed by atoms with E-state index in [1.807, 2.05) is 20.8 Å². The number of morpholine rings is 1. The second-order valence-corrected chi connectivity index (χ2v) is 5.08. The summed E-state index contributed by atoms with van der Waals surface area (Å²) in [5, 5.41) is 9.41. The maximum absolute atomic E-state index is 11.7. The highest BCUT2D eigenvalue weighted by Gasteiger charge is 2.29. The van der Waals surface area contributed by atoms with Gasteiger partial charge in [-0.1, -0.05) is 0 Å². The van der Waals surface area contributed by atoms with E-state index in [0.29, 0.717) is 19.7 Å². The number of aliphatic hydroxyl groups is 1. The van der Waals surface area contributed by atoms with E-state index in [4.69, 9.17) is 9.47 Å². The minimum atomic E-state index is -0.578. The Hall–Kier alpha value is -0.810. The van der Waals surface area contributed by atoms with Crippen LogP contribution in [0.25, 0.3) is 0 Å². The third-order valence-corrected chi connectivity index (χ3v) is 2.28. The summed E-state index contributed by atoms with van der Waals surface area (Å²) in [5.41, 5.74) is -0.490. The molecule has 1 amide bonds. The molecule has 1 fully saturated rings. The molecule has 5 heteroatoms. The maximum atomic E-state index is 11.7. The number of carbonyl (C=O) groups excluding carboxylic acids is 1. The minimum Gasteiger partial charge on any atom is -0.444 e. The molecule has 1 heterocycles. The van der Waals surface area contributed by atoms with Crippen molar-refractivity contribution in [2.24, 2.45) is 0 Å². The topological polar surface area (TPSA) is 59.0 Å². The molecule has 5 nitrogen and oxygen atoms in total. The number of hydrogen-bond donors (Lipinski definition) is 1. The number of aliphatic hydroxyl groups excluding tert-OH is 1. The molecule has 0 saturated carbocycles. The molecule has 1 rings (SSSR count). The van der Waals surface area contributed by atoms with Gasteiger partial charge >= 0.3 is 6.09 Å². The number of amides is 1. The standard InChI is InChI=1S/C11H21NO4/c1-8(13)9-7-12(5-6-15-9)10(14)16-11(2,3)4/h8-9,13H,5-7H2,1-4H3/t8-,9-/m0/s1. The third kappa shape index (κ3) is 3.98. The molecule has 0 aromatic heterocycles. The van der Waals surface area contributed by atoms with Crippen LogP contribution < -0.4 is 0 Å². The Morgan fingerprint density at radius 3 is 2.69 bits per heavy atom. The molecule has 0 aromatic rings. The van der Waals surface area contributed by atoms with Gasteiger partial charge in [0.1, 0.15) is 11.7 Å². The molecule has 2 atom stereocenters. The number of rotatable bonds is 1. The molecule has 1 saturated heterocycles. The summed E-state index contributed by atoms with van der Waals surface area (Å²) in [4.78, 5) is 13.3. The van der Waals surface area contributed by atoms with Gasteiger partial charge in [-0.05, 0) is 27.7 Å². The quantitative estimate of drug-likeness (QED) is 0.731. The van der Waals surface area contributed by atoms with Crippen LogP contribution in [0.4, 0.5) is 4.79 Å². The van der Waals surface area contributed by atoms with Gasteiger partial charge in [0, 0.05) is 6.54 Å². The molecular weight excluding hydrogens is 210 g/mol. The van der Waals surface area contributed by atoms with Crippen LogP contribution in [0.15, 0.2) is 0 Å². The Kier molecular flexibility index (Phi) is 4.15. The van der Waals surface area contributed by atoms with Crippen LogP contribution in [0.2, 0.25) is 0 Å². The van der Waals surface area contributed by atoms with Crippen LogP contribution >= 0.6 is 0 Å². The largest absolute Gasteiger partial charge is 0.444 e. The van der Waals surface area contributed by atoms with E-state index in [1.54, 1.807) is 11.8 Å². The van der Waals surface area contributed by atoms with Crippen LogP contribution in [0, 0.1) is 0 Å². The fourth-order valence-electron chi connectivity index (χ4n) is 1.46. The van der Waals surface area contributed by atoms with E-state index in [1.165, 1.54) is 0 Å². The van der Waals surface area contributed by atoms with Crippen LogP contribution in [0.5, 0.6) is 0 Å². The maximum Gasteiger partial charge on any atom is 0.410 e. The second-order valence-electron chi connectivity index (χ2n) is 5.08. The molecule has 0 radical (unpaired) electrons. The number of hydrogen-bond acceptors (Lipinski definition) is 4. The van der Waals surface area contributed by atoms with Crippen molar-refractivity contribution in [3.05, 3.63) is 0 Å². The van der Waals surface area contributed by atoms with Gasteiger partial charge in [-0.3, -0.25) is 0 Å². The van der Waals surface area contributed by atoms with Crippen molar-refractivity contribution >= 4 is 6.09 Å². The first-order chi connectivity index (χ1) is 7.29. The summed E-state index contributed by atoms with van der Waals surface area (Å²) in [7, 11) is 0. The van der Waals surface area contributed by atoms with E-state index in [9.17, 15) is 9.90 Å². The lowest BCUT2D eigenvalue weighted by Crippen LogP contribution is -2.50. The lowest BCUT2D eigenvalue weighted by atomic mass is 10.2. The van der Waals surface area contributed by atoms with Crippen LogP contribution in [-0.4, -0.2) is 53.6 Å². The van der Waals surface area contributed by atoms with E-state index < -0.39 is 11.7 Å². The molecule has 1 aliphatic rings. The average Bonchev–Trinajstić information content (AvgIpc) is 2.15. The van der Waals surface area contributed by atoms with E-state index in [0.717, 1.165) is 0 Å². The highest BCUT2D eigenvalue weighted by atomic mass is 16.6. The summed E-state index contributed by atoms with van der Waals surface area (Å²) >= 11 is 0. The number of ether oxygens (including phenoxy) is 2. The van der Waals surface area contributed by atoms with Gasteiger partial charge in [-0.2, -0.15) is 0 Å². The zero-order chi connectivity index (χ0) is 12.3. The highest BCUT2D eigenvalue weighted by molar-refractivity contribution is 5.68. The highest BCUT2D eigenvalue weighted by Crippen LogP contribution is 2.14. The van der Waals surface area contributed by atoms with Crippen LogP contribution in [0.1, 0.15) is 27.7 Å². The number of carbonyl (C=O) groups is 1. The lowest BCUT2D eigenvalue weighted by molar-refractivity contribution is -0.0841. The fourth-order valence-corrected chi connectivity index (χ4v) is 1.46. The molecule has 0 bridgehead atoms. The number of nitrogens with zero attached hydrogens (tertiary/aromatic N) is 1. The summed E-state index contributed by atoms with van der Waals surface area (Å²) < 4.78 is 10.6. The van der Waals surface area contributed by atoms with Crippen LogP contribution in [0.3, 0.4) is 0 Å². The SMILES string of the molecule is C[C@H](O)[C@@H]1CN(C(=O)OC(C)(C)C)CCO1. The molecule has 0 spiro atoms. The smallest absolute Gasteiger partial charge is 0.410 e. The van der Waals surface area contributed by atoms with Crippen LogP contribution in [-0.2, 0) is 9.47 Å². The van der Waals surface area contributed by atoms with Gasteiger partial charge in [0.05, 0.1) is 19.3 Å². The molecular formula is C11H21NO4. The summed E-state index contributed by atoms with van der Waals surface area (Å²) in [6.45, 7) is 8.48. The molecule has 1 aliphatic heterocycles. The Morgan fingerprint density at radius 2 is 2.19 bits per heavy atom. The Bertz CT molecular complexity index is 247. The molecule has 0 aliphatic carbocycles. The summed E-state index contributed by atoms with van der Waals surface area (Å²) in [5.74, 6) is 0. The second kappa shape index (κ2) is 5.01. The predicted molar refractivity (Wildman–Crippen MR) is 59.2 cm³/mol. The van der Waals surface area contributed by atoms with E-state index in [-0.39, 0.29) is 12.2 Å². The minimum absolute atomic E-state index is 0.318. The van der Waals surface area contributed by atoms with Crippen molar-refractivity contribution in [1.29, 1.82) is 0 Å². The molecule has 0 unspecified atom stereocenters. The molecule has 94 valence electrons. The van der Waals surface area contributed by atoms with Crippen molar-refractivity contribution in [2.75, 3.05) is 19.7 Å². The molecule has 0 aromatic carbocycles.